The van der Waals surface area contributed by atoms with E-state index in [0.29, 0.717) is 5.52 Å². The maximum Gasteiger partial charge on any atom is 0.276 e. The van der Waals surface area contributed by atoms with Crippen molar-refractivity contribution in [2.45, 2.75) is 12.6 Å². The van der Waals surface area contributed by atoms with Gasteiger partial charge in [0.2, 0.25) is 0 Å². The first-order chi connectivity index (χ1) is 10.1. The second-order valence-corrected chi connectivity index (χ2v) is 4.69. The highest BCUT2D eigenvalue weighted by atomic mass is 19.1. The molecule has 2 N–H and O–H groups in total. The molecule has 108 valence electrons. The van der Waals surface area contributed by atoms with Gasteiger partial charge in [0, 0.05) is 30.6 Å². The third-order valence-electron chi connectivity index (χ3n) is 3.29. The van der Waals surface area contributed by atoms with Gasteiger partial charge in [0.25, 0.3) is 5.56 Å². The van der Waals surface area contributed by atoms with Gasteiger partial charge in [0.1, 0.15) is 17.2 Å². The summed E-state index contributed by atoms with van der Waals surface area (Å²) in [7, 11) is 0. The normalized spacial score (nSPS) is 12.7. The van der Waals surface area contributed by atoms with E-state index in [4.69, 9.17) is 5.73 Å². The molecule has 0 radical (unpaired) electrons. The summed E-state index contributed by atoms with van der Waals surface area (Å²) in [6.45, 7) is 0.0864. The van der Waals surface area contributed by atoms with Gasteiger partial charge in [-0.25, -0.2) is 13.3 Å². The molecule has 2 heterocycles. The monoisotopic (exact) mass is 290 g/mol. The SMILES string of the molecule is NC(Cn1ccn2nccc2c1=O)c1ccc(F)cc1F. The minimum atomic E-state index is -0.756. The van der Waals surface area contributed by atoms with E-state index < -0.39 is 17.7 Å². The molecule has 0 aliphatic rings. The average Bonchev–Trinajstić information content (AvgIpc) is 2.91. The Morgan fingerprint density at radius 1 is 1.24 bits per heavy atom. The van der Waals surface area contributed by atoms with Crippen molar-refractivity contribution in [2.24, 2.45) is 5.73 Å². The maximum absolute atomic E-state index is 13.7. The van der Waals surface area contributed by atoms with Gasteiger partial charge in [-0.15, -0.1) is 0 Å². The first-order valence-electron chi connectivity index (χ1n) is 6.29. The van der Waals surface area contributed by atoms with E-state index in [1.165, 1.54) is 27.5 Å². The van der Waals surface area contributed by atoms with Gasteiger partial charge in [0.05, 0.1) is 12.2 Å². The molecule has 0 saturated carbocycles. The van der Waals surface area contributed by atoms with Crippen LogP contribution in [-0.2, 0) is 6.54 Å². The van der Waals surface area contributed by atoms with Crippen LogP contribution in [0.4, 0.5) is 8.78 Å². The van der Waals surface area contributed by atoms with Crippen molar-refractivity contribution in [3.05, 3.63) is 70.4 Å². The number of nitrogens with two attached hydrogens (primary N) is 1. The minimum Gasteiger partial charge on any atom is -0.322 e. The lowest BCUT2D eigenvalue weighted by Gasteiger charge is -2.15. The number of nitrogens with zero attached hydrogens (tertiary/aromatic N) is 3. The molecule has 0 aliphatic carbocycles. The van der Waals surface area contributed by atoms with Crippen LogP contribution in [0.2, 0.25) is 0 Å². The Morgan fingerprint density at radius 2 is 2.05 bits per heavy atom. The fourth-order valence-electron chi connectivity index (χ4n) is 2.22. The summed E-state index contributed by atoms with van der Waals surface area (Å²) < 4.78 is 29.4. The second kappa shape index (κ2) is 5.10. The molecule has 0 fully saturated rings. The molecular formula is C14H12F2N4O. The van der Waals surface area contributed by atoms with Crippen LogP contribution >= 0.6 is 0 Å². The van der Waals surface area contributed by atoms with Gasteiger partial charge in [-0.1, -0.05) is 6.07 Å². The van der Waals surface area contributed by atoms with Crippen LogP contribution in [0.1, 0.15) is 11.6 Å². The highest BCUT2D eigenvalue weighted by Crippen LogP contribution is 2.17. The smallest absolute Gasteiger partial charge is 0.276 e. The van der Waals surface area contributed by atoms with E-state index in [1.54, 1.807) is 12.3 Å². The predicted molar refractivity (Wildman–Crippen MR) is 72.7 cm³/mol. The van der Waals surface area contributed by atoms with Gasteiger partial charge in [-0.05, 0) is 12.1 Å². The van der Waals surface area contributed by atoms with Crippen molar-refractivity contribution in [3.8, 4) is 0 Å². The lowest BCUT2D eigenvalue weighted by atomic mass is 10.1. The molecule has 0 aliphatic heterocycles. The zero-order valence-corrected chi connectivity index (χ0v) is 10.9. The van der Waals surface area contributed by atoms with Gasteiger partial charge in [0.15, 0.2) is 0 Å². The molecule has 0 saturated heterocycles. The third-order valence-corrected chi connectivity index (χ3v) is 3.29. The molecule has 5 nitrogen and oxygen atoms in total. The van der Waals surface area contributed by atoms with Crippen LogP contribution in [0.15, 0.2) is 47.7 Å². The van der Waals surface area contributed by atoms with Crippen molar-refractivity contribution >= 4 is 5.52 Å². The number of hydrogen-bond donors (Lipinski definition) is 1. The molecule has 1 aromatic carbocycles. The summed E-state index contributed by atoms with van der Waals surface area (Å²) >= 11 is 0. The zero-order chi connectivity index (χ0) is 15.0. The molecule has 7 heteroatoms. The zero-order valence-electron chi connectivity index (χ0n) is 10.9. The maximum atomic E-state index is 13.7. The molecular weight excluding hydrogens is 278 g/mol. The molecule has 3 rings (SSSR count). The quantitative estimate of drug-likeness (QED) is 0.794. The number of aromatic nitrogens is 3. The summed E-state index contributed by atoms with van der Waals surface area (Å²) in [4.78, 5) is 12.2. The second-order valence-electron chi connectivity index (χ2n) is 4.69. The number of halogens is 2. The lowest BCUT2D eigenvalue weighted by molar-refractivity contribution is 0.514. The predicted octanol–water partition coefficient (Wildman–Crippen LogP) is 1.47. The Balaban J connectivity index is 1.94. The van der Waals surface area contributed by atoms with Gasteiger partial charge < -0.3 is 10.3 Å². The molecule has 2 aromatic heterocycles. The Kier molecular flexibility index (Phi) is 3.26. The average molecular weight is 290 g/mol. The molecule has 3 aromatic rings. The van der Waals surface area contributed by atoms with Crippen LogP contribution < -0.4 is 11.3 Å². The van der Waals surface area contributed by atoms with Crippen molar-refractivity contribution < 1.29 is 8.78 Å². The van der Waals surface area contributed by atoms with E-state index in [0.717, 1.165) is 12.1 Å². The summed E-state index contributed by atoms with van der Waals surface area (Å²) in [5.41, 5.74) is 6.22. The van der Waals surface area contributed by atoms with E-state index in [9.17, 15) is 13.6 Å². The largest absolute Gasteiger partial charge is 0.322 e. The lowest BCUT2D eigenvalue weighted by Crippen LogP contribution is -2.27. The van der Waals surface area contributed by atoms with Crippen LogP contribution in [0, 0.1) is 11.6 Å². The number of hydrogen-bond acceptors (Lipinski definition) is 3. The molecule has 1 unspecified atom stereocenters. The summed E-state index contributed by atoms with van der Waals surface area (Å²) in [5, 5.41) is 3.95. The van der Waals surface area contributed by atoms with Gasteiger partial charge >= 0.3 is 0 Å². The van der Waals surface area contributed by atoms with E-state index in [2.05, 4.69) is 5.10 Å². The summed E-state index contributed by atoms with van der Waals surface area (Å²) in [6.07, 6.45) is 4.66. The van der Waals surface area contributed by atoms with Crippen LogP contribution in [0.25, 0.3) is 5.52 Å². The molecule has 1 atom stereocenters. The van der Waals surface area contributed by atoms with Crippen LogP contribution in [0.3, 0.4) is 0 Å². The van der Waals surface area contributed by atoms with Crippen LogP contribution in [0.5, 0.6) is 0 Å². The topological polar surface area (TPSA) is 65.3 Å². The molecule has 21 heavy (non-hydrogen) atoms. The van der Waals surface area contributed by atoms with Crippen molar-refractivity contribution in [3.63, 3.8) is 0 Å². The Morgan fingerprint density at radius 3 is 2.81 bits per heavy atom. The third kappa shape index (κ3) is 2.43. The minimum absolute atomic E-state index is 0.0864. The van der Waals surface area contributed by atoms with E-state index >= 15 is 0 Å². The van der Waals surface area contributed by atoms with E-state index in [-0.39, 0.29) is 17.7 Å². The van der Waals surface area contributed by atoms with Gasteiger partial charge in [-0.3, -0.25) is 4.79 Å². The standard InChI is InChI=1S/C14H12F2N4O/c15-9-1-2-10(11(16)7-9)12(17)8-19-5-6-20-13(14(19)21)3-4-18-20/h1-7,12H,8,17H2. The van der Waals surface area contributed by atoms with Gasteiger partial charge in [-0.2, -0.15) is 5.10 Å². The summed E-state index contributed by atoms with van der Waals surface area (Å²) in [6, 6.07) is 4.04. The highest BCUT2D eigenvalue weighted by molar-refractivity contribution is 5.42. The fraction of sp³-hybridized carbons (Fsp3) is 0.143. The van der Waals surface area contributed by atoms with Crippen LogP contribution in [-0.4, -0.2) is 14.2 Å². The molecule has 0 amide bonds. The van der Waals surface area contributed by atoms with Crippen molar-refractivity contribution in [2.75, 3.05) is 0 Å². The highest BCUT2D eigenvalue weighted by Gasteiger charge is 2.14. The first-order valence-corrected chi connectivity index (χ1v) is 6.29. The first kappa shape index (κ1) is 13.4. The Labute approximate surface area is 118 Å². The van der Waals surface area contributed by atoms with Crippen molar-refractivity contribution in [1.29, 1.82) is 0 Å². The van der Waals surface area contributed by atoms with E-state index in [1.807, 2.05) is 0 Å². The number of rotatable bonds is 3. The fourth-order valence-corrected chi connectivity index (χ4v) is 2.22. The Bertz CT molecular complexity index is 856. The van der Waals surface area contributed by atoms with Crippen molar-refractivity contribution in [1.82, 2.24) is 14.2 Å². The number of fused-ring (bicyclic) bond motifs is 1. The summed E-state index contributed by atoms with van der Waals surface area (Å²) in [5.74, 6) is -1.39. The molecule has 0 spiro atoms. The number of benzene rings is 1. The Hall–Kier alpha value is -2.54. The molecule has 0 bridgehead atoms.